The van der Waals surface area contributed by atoms with Gasteiger partial charge in [0.1, 0.15) is 12.4 Å². The first-order valence-electron chi connectivity index (χ1n) is 10.7. The van der Waals surface area contributed by atoms with Crippen LogP contribution in [0.1, 0.15) is 56.0 Å². The van der Waals surface area contributed by atoms with Crippen molar-refractivity contribution in [2.75, 3.05) is 0 Å². The maximum Gasteiger partial charge on any atom is 0.229 e. The number of fused-ring (bicyclic) bond motifs is 1. The highest BCUT2D eigenvalue weighted by Crippen LogP contribution is 2.28. The zero-order chi connectivity index (χ0) is 20.9. The summed E-state index contributed by atoms with van der Waals surface area (Å²) in [6.45, 7) is 6.99. The second kappa shape index (κ2) is 9.12. The maximum atomic E-state index is 5.98. The van der Waals surface area contributed by atoms with Crippen LogP contribution in [-0.2, 0) is 6.61 Å². The molecule has 0 saturated heterocycles. The lowest BCUT2D eigenvalue weighted by molar-refractivity contribution is 0.306. The van der Waals surface area contributed by atoms with Gasteiger partial charge < -0.3 is 9.26 Å². The fourth-order valence-electron chi connectivity index (χ4n) is 3.49. The SMILES string of the molecule is CCCCC(C)c1nc(-c2ccc3cc(OCc4ccc(C)cc4)ccc3c2)no1. The fourth-order valence-corrected chi connectivity index (χ4v) is 3.49. The number of unbranched alkanes of at least 4 members (excludes halogenated alkanes) is 1. The first-order chi connectivity index (χ1) is 14.6. The summed E-state index contributed by atoms with van der Waals surface area (Å²) in [4.78, 5) is 4.62. The lowest BCUT2D eigenvalue weighted by Gasteiger charge is -2.08. The Morgan fingerprint density at radius 1 is 0.967 bits per heavy atom. The van der Waals surface area contributed by atoms with Crippen molar-refractivity contribution in [2.45, 2.75) is 52.6 Å². The van der Waals surface area contributed by atoms with E-state index in [1.54, 1.807) is 0 Å². The van der Waals surface area contributed by atoms with Gasteiger partial charge in [0.25, 0.3) is 0 Å². The van der Waals surface area contributed by atoms with Gasteiger partial charge in [0.2, 0.25) is 11.7 Å². The minimum Gasteiger partial charge on any atom is -0.489 e. The third-order valence-corrected chi connectivity index (χ3v) is 5.45. The van der Waals surface area contributed by atoms with Crippen molar-refractivity contribution < 1.29 is 9.26 Å². The predicted octanol–water partition coefficient (Wildman–Crippen LogP) is 7.07. The van der Waals surface area contributed by atoms with Gasteiger partial charge >= 0.3 is 0 Å². The third kappa shape index (κ3) is 4.70. The fraction of sp³-hybridized carbons (Fsp3) is 0.308. The van der Waals surface area contributed by atoms with E-state index in [4.69, 9.17) is 9.26 Å². The Bertz CT molecular complexity index is 1120. The molecule has 0 N–H and O–H groups in total. The molecule has 1 atom stereocenters. The van der Waals surface area contributed by atoms with Gasteiger partial charge in [-0.15, -0.1) is 0 Å². The Morgan fingerprint density at radius 3 is 2.53 bits per heavy atom. The molecule has 3 aromatic carbocycles. The summed E-state index contributed by atoms with van der Waals surface area (Å²) < 4.78 is 11.5. The van der Waals surface area contributed by atoms with Crippen molar-refractivity contribution in [3.63, 3.8) is 0 Å². The van der Waals surface area contributed by atoms with Crippen LogP contribution in [0.4, 0.5) is 0 Å². The number of nitrogens with zero attached hydrogens (tertiary/aromatic N) is 2. The van der Waals surface area contributed by atoms with E-state index in [1.807, 2.05) is 12.1 Å². The molecule has 0 spiro atoms. The molecule has 154 valence electrons. The van der Waals surface area contributed by atoms with Crippen LogP contribution in [-0.4, -0.2) is 10.1 Å². The van der Waals surface area contributed by atoms with Crippen molar-refractivity contribution in [1.82, 2.24) is 10.1 Å². The Labute approximate surface area is 177 Å². The maximum absolute atomic E-state index is 5.98. The largest absolute Gasteiger partial charge is 0.489 e. The van der Waals surface area contributed by atoms with Crippen molar-refractivity contribution in [1.29, 1.82) is 0 Å². The van der Waals surface area contributed by atoms with Crippen LogP contribution < -0.4 is 4.74 Å². The van der Waals surface area contributed by atoms with Crippen LogP contribution in [0, 0.1) is 6.92 Å². The van der Waals surface area contributed by atoms with Crippen molar-refractivity contribution in [3.8, 4) is 17.1 Å². The number of aryl methyl sites for hydroxylation is 1. The second-order valence-corrected chi connectivity index (χ2v) is 8.00. The van der Waals surface area contributed by atoms with Crippen LogP contribution in [0.5, 0.6) is 5.75 Å². The van der Waals surface area contributed by atoms with E-state index in [0.717, 1.165) is 40.0 Å². The number of benzene rings is 3. The molecule has 0 aliphatic rings. The van der Waals surface area contributed by atoms with Crippen molar-refractivity contribution in [3.05, 3.63) is 77.7 Å². The summed E-state index contributed by atoms with van der Waals surface area (Å²) in [6, 6.07) is 20.8. The highest BCUT2D eigenvalue weighted by atomic mass is 16.5. The molecule has 1 aromatic heterocycles. The standard InChI is InChI=1S/C26H28N2O2/c1-4-5-6-19(3)26-27-25(28-30-26)23-12-11-22-16-24(14-13-21(22)15-23)29-17-20-9-7-18(2)8-10-20/h7-16,19H,4-6,17H2,1-3H3. The zero-order valence-corrected chi connectivity index (χ0v) is 17.9. The molecule has 4 heteroatoms. The van der Waals surface area contributed by atoms with E-state index in [-0.39, 0.29) is 0 Å². The Hall–Kier alpha value is -3.14. The lowest BCUT2D eigenvalue weighted by atomic mass is 10.0. The highest BCUT2D eigenvalue weighted by Gasteiger charge is 2.15. The Kier molecular flexibility index (Phi) is 6.12. The molecule has 1 heterocycles. The summed E-state index contributed by atoms with van der Waals surface area (Å²) in [5.41, 5.74) is 3.38. The summed E-state index contributed by atoms with van der Waals surface area (Å²) in [5.74, 6) is 2.52. The van der Waals surface area contributed by atoms with Gasteiger partial charge in [-0.25, -0.2) is 0 Å². The van der Waals surface area contributed by atoms with Gasteiger partial charge in [0.05, 0.1) is 0 Å². The molecule has 0 fully saturated rings. The number of hydrogen-bond acceptors (Lipinski definition) is 4. The minimum absolute atomic E-state index is 0.292. The van der Waals surface area contributed by atoms with Gasteiger partial charge in [0.15, 0.2) is 0 Å². The normalized spacial score (nSPS) is 12.2. The molecule has 0 radical (unpaired) electrons. The number of ether oxygens (including phenoxy) is 1. The van der Waals surface area contributed by atoms with Gasteiger partial charge in [0, 0.05) is 11.5 Å². The Balaban J connectivity index is 1.48. The molecular weight excluding hydrogens is 372 g/mol. The number of aromatic nitrogens is 2. The van der Waals surface area contributed by atoms with Crippen LogP contribution in [0.15, 0.2) is 65.2 Å². The average molecular weight is 401 g/mol. The van der Waals surface area contributed by atoms with Crippen molar-refractivity contribution >= 4 is 10.8 Å². The van der Waals surface area contributed by atoms with E-state index in [1.165, 1.54) is 18.4 Å². The first-order valence-corrected chi connectivity index (χ1v) is 10.7. The number of hydrogen-bond donors (Lipinski definition) is 0. The molecular formula is C26H28N2O2. The third-order valence-electron chi connectivity index (χ3n) is 5.45. The van der Waals surface area contributed by atoms with E-state index in [2.05, 4.69) is 79.4 Å². The van der Waals surface area contributed by atoms with Crippen molar-refractivity contribution in [2.24, 2.45) is 0 Å². The number of rotatable bonds is 8. The smallest absolute Gasteiger partial charge is 0.229 e. The molecule has 30 heavy (non-hydrogen) atoms. The molecule has 4 aromatic rings. The summed E-state index contributed by atoms with van der Waals surface area (Å²) in [5, 5.41) is 6.45. The Morgan fingerprint density at radius 2 is 1.73 bits per heavy atom. The molecule has 4 rings (SSSR count). The van der Waals surface area contributed by atoms with E-state index in [0.29, 0.717) is 18.3 Å². The molecule has 0 saturated carbocycles. The molecule has 4 nitrogen and oxygen atoms in total. The van der Waals surface area contributed by atoms with Gasteiger partial charge in [-0.3, -0.25) is 0 Å². The monoisotopic (exact) mass is 400 g/mol. The van der Waals surface area contributed by atoms with E-state index >= 15 is 0 Å². The predicted molar refractivity (Wildman–Crippen MR) is 121 cm³/mol. The molecule has 1 unspecified atom stereocenters. The molecule has 0 bridgehead atoms. The zero-order valence-electron chi connectivity index (χ0n) is 17.9. The van der Waals surface area contributed by atoms with Gasteiger partial charge in [-0.05, 0) is 47.9 Å². The van der Waals surface area contributed by atoms with Crippen LogP contribution >= 0.6 is 0 Å². The minimum atomic E-state index is 0.292. The molecule has 0 aliphatic heterocycles. The topological polar surface area (TPSA) is 48.2 Å². The van der Waals surface area contributed by atoms with Crippen LogP contribution in [0.3, 0.4) is 0 Å². The summed E-state index contributed by atoms with van der Waals surface area (Å²) in [7, 11) is 0. The highest BCUT2D eigenvalue weighted by molar-refractivity contribution is 5.87. The average Bonchev–Trinajstić information content (AvgIpc) is 3.27. The van der Waals surface area contributed by atoms with Crippen LogP contribution in [0.2, 0.25) is 0 Å². The van der Waals surface area contributed by atoms with Crippen LogP contribution in [0.25, 0.3) is 22.2 Å². The second-order valence-electron chi connectivity index (χ2n) is 8.00. The van der Waals surface area contributed by atoms with E-state index < -0.39 is 0 Å². The first kappa shape index (κ1) is 20.1. The van der Waals surface area contributed by atoms with Gasteiger partial charge in [-0.1, -0.05) is 79.9 Å². The van der Waals surface area contributed by atoms with E-state index in [9.17, 15) is 0 Å². The quantitative estimate of drug-likeness (QED) is 0.317. The summed E-state index contributed by atoms with van der Waals surface area (Å²) in [6.07, 6.45) is 3.41. The summed E-state index contributed by atoms with van der Waals surface area (Å²) >= 11 is 0. The molecule has 0 amide bonds. The lowest BCUT2D eigenvalue weighted by Crippen LogP contribution is -1.95. The molecule has 0 aliphatic carbocycles. The van der Waals surface area contributed by atoms with Gasteiger partial charge in [-0.2, -0.15) is 4.98 Å².